The van der Waals surface area contributed by atoms with Crippen LogP contribution in [0.2, 0.25) is 0 Å². The van der Waals surface area contributed by atoms with Crippen LogP contribution in [-0.2, 0) is 0 Å². The van der Waals surface area contributed by atoms with Crippen molar-refractivity contribution in [3.05, 3.63) is 79.4 Å². The second-order valence-electron chi connectivity index (χ2n) is 5.66. The van der Waals surface area contributed by atoms with E-state index in [1.807, 2.05) is 54.6 Å². The van der Waals surface area contributed by atoms with Crippen LogP contribution in [0.25, 0.3) is 33.9 Å². The summed E-state index contributed by atoms with van der Waals surface area (Å²) in [7, 11) is 1.66. The summed E-state index contributed by atoms with van der Waals surface area (Å²) >= 11 is 0. The minimum Gasteiger partial charge on any atom is -0.497 e. The minimum absolute atomic E-state index is 0.660. The van der Waals surface area contributed by atoms with Gasteiger partial charge in [-0.25, -0.2) is 9.97 Å². The van der Waals surface area contributed by atoms with E-state index < -0.39 is 0 Å². The Hall–Kier alpha value is -3.60. The van der Waals surface area contributed by atoms with Crippen molar-refractivity contribution in [1.82, 2.24) is 19.9 Å². The lowest BCUT2D eigenvalue weighted by Gasteiger charge is -2.09. The van der Waals surface area contributed by atoms with Crippen LogP contribution in [0.3, 0.4) is 0 Å². The van der Waals surface area contributed by atoms with Crippen molar-refractivity contribution in [3.63, 3.8) is 0 Å². The fraction of sp³-hybridized carbons (Fsp3) is 0.0476. The Bertz CT molecular complexity index is 945. The molecule has 0 saturated carbocycles. The Morgan fingerprint density at radius 2 is 1.12 bits per heavy atom. The third-order valence-corrected chi connectivity index (χ3v) is 4.03. The van der Waals surface area contributed by atoms with E-state index in [0.717, 1.165) is 33.8 Å². The number of hydrogen-bond donors (Lipinski definition) is 0. The van der Waals surface area contributed by atoms with Crippen molar-refractivity contribution in [2.45, 2.75) is 0 Å². The number of hydrogen-bond acceptors (Lipinski definition) is 5. The molecule has 5 heteroatoms. The maximum absolute atomic E-state index is 5.24. The second-order valence-corrected chi connectivity index (χ2v) is 5.66. The van der Waals surface area contributed by atoms with Gasteiger partial charge >= 0.3 is 0 Å². The molecule has 0 N–H and O–H groups in total. The van der Waals surface area contributed by atoms with Crippen LogP contribution in [0.4, 0.5) is 0 Å². The summed E-state index contributed by atoms with van der Waals surface area (Å²) in [6, 6.07) is 17.5. The zero-order chi connectivity index (χ0) is 17.8. The van der Waals surface area contributed by atoms with Gasteiger partial charge in [-0.1, -0.05) is 0 Å². The fourth-order valence-electron chi connectivity index (χ4n) is 2.66. The van der Waals surface area contributed by atoms with Gasteiger partial charge in [-0.15, -0.1) is 0 Å². The largest absolute Gasteiger partial charge is 0.497 e. The molecule has 5 nitrogen and oxygen atoms in total. The van der Waals surface area contributed by atoms with Crippen LogP contribution < -0.4 is 4.74 Å². The van der Waals surface area contributed by atoms with E-state index in [2.05, 4.69) is 9.97 Å². The highest BCUT2D eigenvalue weighted by molar-refractivity contribution is 5.71. The zero-order valence-electron chi connectivity index (χ0n) is 14.2. The summed E-state index contributed by atoms with van der Waals surface area (Å²) in [5.41, 5.74) is 4.61. The number of benzene rings is 1. The lowest BCUT2D eigenvalue weighted by molar-refractivity contribution is 0.415. The number of methoxy groups -OCH3 is 1. The lowest BCUT2D eigenvalue weighted by Crippen LogP contribution is -1.96. The Balaban J connectivity index is 1.87. The van der Waals surface area contributed by atoms with Crippen molar-refractivity contribution in [1.29, 1.82) is 0 Å². The molecule has 0 amide bonds. The highest BCUT2D eigenvalue weighted by Gasteiger charge is 2.10. The summed E-state index contributed by atoms with van der Waals surface area (Å²) in [4.78, 5) is 17.7. The van der Waals surface area contributed by atoms with E-state index in [0.29, 0.717) is 5.82 Å². The Labute approximate surface area is 151 Å². The van der Waals surface area contributed by atoms with Gasteiger partial charge in [0.1, 0.15) is 5.75 Å². The van der Waals surface area contributed by atoms with E-state index in [1.54, 1.807) is 31.9 Å². The number of pyridine rings is 2. The molecular formula is C21H16N4O. The first-order valence-corrected chi connectivity index (χ1v) is 8.18. The highest BCUT2D eigenvalue weighted by atomic mass is 16.5. The van der Waals surface area contributed by atoms with Crippen LogP contribution >= 0.6 is 0 Å². The average molecular weight is 340 g/mol. The molecule has 4 rings (SSSR count). The smallest absolute Gasteiger partial charge is 0.160 e. The number of rotatable bonds is 4. The van der Waals surface area contributed by atoms with Crippen molar-refractivity contribution in [2.24, 2.45) is 0 Å². The van der Waals surface area contributed by atoms with Gasteiger partial charge in [0.2, 0.25) is 0 Å². The quantitative estimate of drug-likeness (QED) is 0.555. The predicted molar refractivity (Wildman–Crippen MR) is 100 cm³/mol. The van der Waals surface area contributed by atoms with Crippen molar-refractivity contribution >= 4 is 0 Å². The van der Waals surface area contributed by atoms with Crippen molar-refractivity contribution in [2.75, 3.05) is 7.11 Å². The van der Waals surface area contributed by atoms with Crippen LogP contribution in [0.15, 0.2) is 79.4 Å². The molecule has 3 aromatic heterocycles. The second kappa shape index (κ2) is 7.11. The van der Waals surface area contributed by atoms with Crippen molar-refractivity contribution in [3.8, 4) is 39.7 Å². The molecule has 0 bridgehead atoms. The first kappa shape index (κ1) is 15.9. The SMILES string of the molecule is COc1ccc(-c2cc(-c3ccncc3)nc(-c3ccncc3)n2)cc1. The molecule has 0 saturated heterocycles. The number of nitrogens with zero attached hydrogens (tertiary/aromatic N) is 4. The van der Waals surface area contributed by atoms with Crippen LogP contribution in [0.1, 0.15) is 0 Å². The third kappa shape index (κ3) is 3.28. The maximum Gasteiger partial charge on any atom is 0.160 e. The molecular weight excluding hydrogens is 324 g/mol. The first-order chi connectivity index (χ1) is 12.8. The third-order valence-electron chi connectivity index (χ3n) is 4.03. The summed E-state index contributed by atoms with van der Waals surface area (Å²) in [6.07, 6.45) is 7.00. The highest BCUT2D eigenvalue weighted by Crippen LogP contribution is 2.27. The standard InChI is InChI=1S/C21H16N4O/c1-26-18-4-2-15(3-5-18)19-14-20(16-6-10-22-11-7-16)25-21(24-19)17-8-12-23-13-9-17/h2-14H,1H3. The first-order valence-electron chi connectivity index (χ1n) is 8.18. The van der Waals surface area contributed by atoms with Gasteiger partial charge in [0.25, 0.3) is 0 Å². The zero-order valence-corrected chi connectivity index (χ0v) is 14.2. The molecule has 1 aromatic carbocycles. The van der Waals surface area contributed by atoms with E-state index in [4.69, 9.17) is 14.7 Å². The summed E-state index contributed by atoms with van der Waals surface area (Å²) in [5.74, 6) is 1.47. The van der Waals surface area contributed by atoms with E-state index >= 15 is 0 Å². The van der Waals surface area contributed by atoms with Crippen LogP contribution in [-0.4, -0.2) is 27.0 Å². The minimum atomic E-state index is 0.660. The molecule has 0 aliphatic carbocycles. The van der Waals surface area contributed by atoms with Crippen LogP contribution in [0.5, 0.6) is 5.75 Å². The number of aromatic nitrogens is 4. The monoisotopic (exact) mass is 340 g/mol. The molecule has 0 aliphatic rings. The Morgan fingerprint density at radius 1 is 0.615 bits per heavy atom. The lowest BCUT2D eigenvalue weighted by atomic mass is 10.1. The molecule has 4 aromatic rings. The van der Waals surface area contributed by atoms with Crippen molar-refractivity contribution < 1.29 is 4.74 Å². The van der Waals surface area contributed by atoms with Gasteiger partial charge in [-0.2, -0.15) is 0 Å². The molecule has 0 atom stereocenters. The van der Waals surface area contributed by atoms with Crippen LogP contribution in [0, 0.1) is 0 Å². The van der Waals surface area contributed by atoms with E-state index in [9.17, 15) is 0 Å². The maximum atomic E-state index is 5.24. The molecule has 26 heavy (non-hydrogen) atoms. The van der Waals surface area contributed by atoms with E-state index in [1.165, 1.54) is 0 Å². The summed E-state index contributed by atoms with van der Waals surface area (Å²) in [5, 5.41) is 0. The van der Waals surface area contributed by atoms with E-state index in [-0.39, 0.29) is 0 Å². The molecule has 3 heterocycles. The normalized spacial score (nSPS) is 10.5. The average Bonchev–Trinajstić information content (AvgIpc) is 2.75. The van der Waals surface area contributed by atoms with Gasteiger partial charge in [-0.3, -0.25) is 9.97 Å². The van der Waals surface area contributed by atoms with Gasteiger partial charge < -0.3 is 4.74 Å². The molecule has 0 aliphatic heterocycles. The molecule has 0 unspecified atom stereocenters. The van der Waals surface area contributed by atoms with Gasteiger partial charge in [0, 0.05) is 41.5 Å². The molecule has 126 valence electrons. The molecule has 0 spiro atoms. The fourth-order valence-corrected chi connectivity index (χ4v) is 2.66. The number of ether oxygens (including phenoxy) is 1. The molecule has 0 radical (unpaired) electrons. The molecule has 0 fully saturated rings. The topological polar surface area (TPSA) is 60.8 Å². The predicted octanol–water partition coefficient (Wildman–Crippen LogP) is 4.28. The summed E-state index contributed by atoms with van der Waals surface area (Å²) in [6.45, 7) is 0. The summed E-state index contributed by atoms with van der Waals surface area (Å²) < 4.78 is 5.24. The Kier molecular flexibility index (Phi) is 4.35. The Morgan fingerprint density at radius 3 is 1.65 bits per heavy atom. The van der Waals surface area contributed by atoms with Gasteiger partial charge in [0.15, 0.2) is 5.82 Å². The van der Waals surface area contributed by atoms with Gasteiger partial charge in [-0.05, 0) is 54.6 Å². The van der Waals surface area contributed by atoms with Gasteiger partial charge in [0.05, 0.1) is 18.5 Å².